The SMILES string of the molecule is O=C(Cc1ccc(F)cc1)Nc1ccc(Oc2cccn3nccc23)c(F)c1. The smallest absolute Gasteiger partial charge is 0.228 e. The normalized spacial score (nSPS) is 10.8. The Kier molecular flexibility index (Phi) is 4.72. The molecule has 0 saturated heterocycles. The predicted molar refractivity (Wildman–Crippen MR) is 100 cm³/mol. The van der Waals surface area contributed by atoms with E-state index in [0.29, 0.717) is 22.5 Å². The maximum absolute atomic E-state index is 14.4. The number of hydrogen-bond donors (Lipinski definition) is 1. The molecule has 0 saturated carbocycles. The summed E-state index contributed by atoms with van der Waals surface area (Å²) in [6, 6.07) is 15.1. The summed E-state index contributed by atoms with van der Waals surface area (Å²) in [7, 11) is 0. The van der Waals surface area contributed by atoms with Crippen molar-refractivity contribution in [3.8, 4) is 11.5 Å². The van der Waals surface area contributed by atoms with Crippen molar-refractivity contribution in [2.45, 2.75) is 6.42 Å². The molecule has 7 heteroatoms. The average molecular weight is 379 g/mol. The highest BCUT2D eigenvalue weighted by Crippen LogP contribution is 2.29. The third kappa shape index (κ3) is 3.83. The predicted octanol–water partition coefficient (Wildman–Crippen LogP) is 4.59. The van der Waals surface area contributed by atoms with Crippen molar-refractivity contribution in [1.82, 2.24) is 9.61 Å². The molecule has 28 heavy (non-hydrogen) atoms. The molecule has 0 atom stereocenters. The molecule has 0 radical (unpaired) electrons. The maximum atomic E-state index is 14.4. The Morgan fingerprint density at radius 2 is 1.86 bits per heavy atom. The van der Waals surface area contributed by atoms with Gasteiger partial charge in [-0.25, -0.2) is 13.3 Å². The van der Waals surface area contributed by atoms with Crippen LogP contribution in [0.2, 0.25) is 0 Å². The number of halogens is 2. The van der Waals surface area contributed by atoms with E-state index in [1.807, 2.05) is 0 Å². The number of ether oxygens (including phenoxy) is 1. The monoisotopic (exact) mass is 379 g/mol. The topological polar surface area (TPSA) is 55.6 Å². The van der Waals surface area contributed by atoms with E-state index < -0.39 is 5.82 Å². The lowest BCUT2D eigenvalue weighted by atomic mass is 10.1. The second-order valence-electron chi connectivity index (χ2n) is 6.13. The summed E-state index contributed by atoms with van der Waals surface area (Å²) >= 11 is 0. The minimum atomic E-state index is -0.610. The van der Waals surface area contributed by atoms with Gasteiger partial charge >= 0.3 is 0 Å². The quantitative estimate of drug-likeness (QED) is 0.552. The van der Waals surface area contributed by atoms with E-state index in [9.17, 15) is 13.6 Å². The van der Waals surface area contributed by atoms with Crippen molar-refractivity contribution in [2.24, 2.45) is 0 Å². The van der Waals surface area contributed by atoms with Gasteiger partial charge in [-0.1, -0.05) is 12.1 Å². The fraction of sp³-hybridized carbons (Fsp3) is 0.0476. The molecule has 2 heterocycles. The van der Waals surface area contributed by atoms with Gasteiger partial charge in [-0.2, -0.15) is 5.10 Å². The van der Waals surface area contributed by atoms with Crippen molar-refractivity contribution in [3.05, 3.63) is 90.3 Å². The molecule has 0 unspecified atom stereocenters. The summed E-state index contributed by atoms with van der Waals surface area (Å²) < 4.78 is 34.6. The molecule has 1 N–H and O–H groups in total. The van der Waals surface area contributed by atoms with Crippen LogP contribution in [0.5, 0.6) is 11.5 Å². The number of carbonyl (C=O) groups is 1. The molecule has 0 aliphatic carbocycles. The number of rotatable bonds is 5. The zero-order chi connectivity index (χ0) is 19.5. The van der Waals surface area contributed by atoms with Gasteiger partial charge < -0.3 is 10.1 Å². The van der Waals surface area contributed by atoms with Crippen LogP contribution in [-0.4, -0.2) is 15.5 Å². The molecular weight excluding hydrogens is 364 g/mol. The first-order valence-electron chi connectivity index (χ1n) is 8.52. The number of pyridine rings is 1. The molecule has 0 spiro atoms. The Morgan fingerprint density at radius 3 is 2.64 bits per heavy atom. The zero-order valence-corrected chi connectivity index (χ0v) is 14.6. The molecule has 2 aromatic heterocycles. The molecule has 0 aliphatic heterocycles. The van der Waals surface area contributed by atoms with Gasteiger partial charge in [0.05, 0.1) is 12.6 Å². The number of hydrogen-bond acceptors (Lipinski definition) is 3. The first-order chi connectivity index (χ1) is 13.6. The first kappa shape index (κ1) is 17.7. The van der Waals surface area contributed by atoms with E-state index in [2.05, 4.69) is 10.4 Å². The molecule has 0 bridgehead atoms. The standard InChI is InChI=1S/C21H15F2N3O2/c22-15-5-3-14(4-6-15)12-21(27)25-16-7-8-19(17(23)13-16)28-20-2-1-11-26-18(20)9-10-24-26/h1-11,13H,12H2,(H,25,27). The summed E-state index contributed by atoms with van der Waals surface area (Å²) in [5, 5.41) is 6.72. The lowest BCUT2D eigenvalue weighted by Crippen LogP contribution is -2.14. The highest BCUT2D eigenvalue weighted by molar-refractivity contribution is 5.92. The fourth-order valence-electron chi connectivity index (χ4n) is 2.78. The number of amides is 1. The lowest BCUT2D eigenvalue weighted by molar-refractivity contribution is -0.115. The minimum absolute atomic E-state index is 0.0332. The summed E-state index contributed by atoms with van der Waals surface area (Å²) in [5.41, 5.74) is 1.67. The number of fused-ring (bicyclic) bond motifs is 1. The zero-order valence-electron chi connectivity index (χ0n) is 14.6. The Bertz CT molecular complexity index is 1140. The van der Waals surface area contributed by atoms with Crippen molar-refractivity contribution in [2.75, 3.05) is 5.32 Å². The number of anilines is 1. The van der Waals surface area contributed by atoms with Crippen LogP contribution < -0.4 is 10.1 Å². The Labute approximate surface area is 159 Å². The van der Waals surface area contributed by atoms with E-state index in [0.717, 1.165) is 0 Å². The second-order valence-corrected chi connectivity index (χ2v) is 6.13. The first-order valence-corrected chi connectivity index (χ1v) is 8.52. The summed E-state index contributed by atoms with van der Waals surface area (Å²) in [5.74, 6) is -0.809. The number of aromatic nitrogens is 2. The van der Waals surface area contributed by atoms with Crippen LogP contribution in [0.25, 0.3) is 5.52 Å². The lowest BCUT2D eigenvalue weighted by Gasteiger charge is -2.10. The van der Waals surface area contributed by atoms with Gasteiger partial charge in [0.1, 0.15) is 11.3 Å². The molecule has 2 aromatic carbocycles. The fourth-order valence-corrected chi connectivity index (χ4v) is 2.78. The number of benzene rings is 2. The van der Waals surface area contributed by atoms with E-state index in [1.165, 1.54) is 36.4 Å². The van der Waals surface area contributed by atoms with Crippen LogP contribution in [0.1, 0.15) is 5.56 Å². The van der Waals surface area contributed by atoms with Crippen LogP contribution in [0, 0.1) is 11.6 Å². The third-order valence-corrected chi connectivity index (χ3v) is 4.11. The second kappa shape index (κ2) is 7.48. The van der Waals surface area contributed by atoms with Crippen molar-refractivity contribution < 1.29 is 18.3 Å². The van der Waals surface area contributed by atoms with E-state index in [1.54, 1.807) is 41.2 Å². The molecule has 0 fully saturated rings. The van der Waals surface area contributed by atoms with Gasteiger partial charge in [-0.3, -0.25) is 4.79 Å². The van der Waals surface area contributed by atoms with E-state index in [-0.39, 0.29) is 23.9 Å². The van der Waals surface area contributed by atoms with Crippen LogP contribution in [0.3, 0.4) is 0 Å². The van der Waals surface area contributed by atoms with Crippen molar-refractivity contribution >= 4 is 17.1 Å². The Hall–Kier alpha value is -3.74. The number of nitrogens with zero attached hydrogens (tertiary/aromatic N) is 2. The largest absolute Gasteiger partial charge is 0.452 e. The van der Waals surface area contributed by atoms with Gasteiger partial charge in [0, 0.05) is 18.0 Å². The molecular formula is C21H15F2N3O2. The van der Waals surface area contributed by atoms with Crippen LogP contribution in [0.15, 0.2) is 73.1 Å². The number of carbonyl (C=O) groups excluding carboxylic acids is 1. The minimum Gasteiger partial charge on any atom is -0.452 e. The Balaban J connectivity index is 1.46. The molecule has 140 valence electrons. The van der Waals surface area contributed by atoms with Gasteiger partial charge in [0.2, 0.25) is 5.91 Å². The highest BCUT2D eigenvalue weighted by atomic mass is 19.1. The van der Waals surface area contributed by atoms with Crippen molar-refractivity contribution in [1.29, 1.82) is 0 Å². The summed E-state index contributed by atoms with van der Waals surface area (Å²) in [4.78, 5) is 12.1. The summed E-state index contributed by atoms with van der Waals surface area (Å²) in [6.45, 7) is 0. The van der Waals surface area contributed by atoms with Gasteiger partial charge in [0.25, 0.3) is 0 Å². The van der Waals surface area contributed by atoms with E-state index >= 15 is 0 Å². The maximum Gasteiger partial charge on any atom is 0.228 e. The van der Waals surface area contributed by atoms with E-state index in [4.69, 9.17) is 4.74 Å². The average Bonchev–Trinajstić information content (AvgIpc) is 3.15. The third-order valence-electron chi connectivity index (χ3n) is 4.11. The molecule has 0 aliphatic rings. The molecule has 4 aromatic rings. The van der Waals surface area contributed by atoms with Crippen molar-refractivity contribution in [3.63, 3.8) is 0 Å². The highest BCUT2D eigenvalue weighted by Gasteiger charge is 2.11. The molecule has 1 amide bonds. The van der Waals surface area contributed by atoms with Crippen LogP contribution >= 0.6 is 0 Å². The van der Waals surface area contributed by atoms with Gasteiger partial charge in [-0.15, -0.1) is 0 Å². The molecule has 4 rings (SSSR count). The van der Waals surface area contributed by atoms with Gasteiger partial charge in [-0.05, 0) is 48.0 Å². The van der Waals surface area contributed by atoms with Gasteiger partial charge in [0.15, 0.2) is 17.3 Å². The number of nitrogens with one attached hydrogen (secondary N) is 1. The van der Waals surface area contributed by atoms with Crippen LogP contribution in [0.4, 0.5) is 14.5 Å². The van der Waals surface area contributed by atoms with Crippen LogP contribution in [-0.2, 0) is 11.2 Å². The Morgan fingerprint density at radius 1 is 1.04 bits per heavy atom. The summed E-state index contributed by atoms with van der Waals surface area (Å²) in [6.07, 6.45) is 3.44. The molecule has 5 nitrogen and oxygen atoms in total.